The van der Waals surface area contributed by atoms with Crippen molar-refractivity contribution < 1.29 is 9.59 Å². The van der Waals surface area contributed by atoms with E-state index >= 15 is 0 Å². The summed E-state index contributed by atoms with van der Waals surface area (Å²) < 4.78 is 0. The van der Waals surface area contributed by atoms with E-state index in [1.165, 1.54) is 36.0 Å². The van der Waals surface area contributed by atoms with E-state index in [1.54, 1.807) is 0 Å². The zero-order valence-electron chi connectivity index (χ0n) is 18.4. The molecule has 0 radical (unpaired) electrons. The molecule has 3 N–H and O–H groups in total. The van der Waals surface area contributed by atoms with Crippen LogP contribution in [0.3, 0.4) is 0 Å². The molecule has 6 nitrogen and oxygen atoms in total. The highest BCUT2D eigenvalue weighted by Crippen LogP contribution is 2.27. The lowest BCUT2D eigenvalue weighted by Gasteiger charge is -2.34. The van der Waals surface area contributed by atoms with E-state index in [0.717, 1.165) is 45.2 Å². The van der Waals surface area contributed by atoms with Gasteiger partial charge in [0.1, 0.15) is 6.04 Å². The van der Waals surface area contributed by atoms with Crippen molar-refractivity contribution in [1.82, 2.24) is 21.1 Å². The molecule has 30 heavy (non-hydrogen) atoms. The lowest BCUT2D eigenvalue weighted by Crippen LogP contribution is -2.52. The first-order valence-electron chi connectivity index (χ1n) is 11.7. The van der Waals surface area contributed by atoms with E-state index < -0.39 is 0 Å². The Morgan fingerprint density at radius 2 is 1.73 bits per heavy atom. The Kier molecular flexibility index (Phi) is 6.74. The van der Waals surface area contributed by atoms with Gasteiger partial charge in [0.15, 0.2) is 0 Å². The molecular weight excluding hydrogens is 376 g/mol. The lowest BCUT2D eigenvalue weighted by molar-refractivity contribution is -0.134. The predicted molar refractivity (Wildman–Crippen MR) is 118 cm³/mol. The lowest BCUT2D eigenvalue weighted by atomic mass is 9.88. The fourth-order valence-corrected chi connectivity index (χ4v) is 5.29. The number of carbonyl (C=O) groups is 2. The van der Waals surface area contributed by atoms with Crippen molar-refractivity contribution in [3.63, 3.8) is 0 Å². The molecule has 164 valence electrons. The maximum absolute atomic E-state index is 13.0. The molecule has 1 aromatic rings. The van der Waals surface area contributed by atoms with Crippen molar-refractivity contribution in [3.05, 3.63) is 34.9 Å². The van der Waals surface area contributed by atoms with Crippen LogP contribution in [0, 0.1) is 19.8 Å². The predicted octanol–water partition coefficient (Wildman–Crippen LogP) is 2.90. The molecule has 3 fully saturated rings. The number of benzene rings is 1. The molecule has 2 aliphatic heterocycles. The van der Waals surface area contributed by atoms with Gasteiger partial charge in [0.25, 0.3) is 0 Å². The first kappa shape index (κ1) is 21.3. The summed E-state index contributed by atoms with van der Waals surface area (Å²) in [6.07, 6.45) is 8.15. The van der Waals surface area contributed by atoms with Crippen LogP contribution in [-0.4, -0.2) is 41.9 Å². The van der Waals surface area contributed by atoms with Gasteiger partial charge in [-0.2, -0.15) is 0 Å². The smallest absolute Gasteiger partial charge is 0.241 e. The summed E-state index contributed by atoms with van der Waals surface area (Å²) in [6, 6.07) is 6.67. The van der Waals surface area contributed by atoms with Crippen LogP contribution in [0.2, 0.25) is 0 Å². The number of carbonyl (C=O) groups excluding carboxylic acids is 2. The molecule has 2 heterocycles. The Morgan fingerprint density at radius 3 is 2.43 bits per heavy atom. The van der Waals surface area contributed by atoms with Gasteiger partial charge in [-0.05, 0) is 57.1 Å². The first-order chi connectivity index (χ1) is 14.5. The highest BCUT2D eigenvalue weighted by Gasteiger charge is 2.35. The third-order valence-electron chi connectivity index (χ3n) is 7.13. The zero-order chi connectivity index (χ0) is 21.1. The molecule has 0 aromatic heterocycles. The molecule has 2 amide bonds. The third-order valence-corrected chi connectivity index (χ3v) is 7.13. The molecule has 1 aromatic carbocycles. The topological polar surface area (TPSA) is 73.5 Å². The normalized spacial score (nSPS) is 26.0. The van der Waals surface area contributed by atoms with Crippen LogP contribution in [0.5, 0.6) is 0 Å². The number of likely N-dealkylation sites (tertiary alicyclic amines) is 1. The second-order valence-corrected chi connectivity index (χ2v) is 9.43. The highest BCUT2D eigenvalue weighted by molar-refractivity contribution is 5.82. The minimum atomic E-state index is -0.191. The van der Waals surface area contributed by atoms with E-state index in [0.29, 0.717) is 0 Å². The standard InChI is InChI=1S/C24H36N4O2/c1-16-8-9-20(17(2)14-16)21-15-22(27-26-21)24(30)28-12-10-19(11-13-28)25-23(29)18-6-4-3-5-7-18/h8-9,14,18-19,21-22,26-27H,3-7,10-13,15H2,1-2H3,(H,25,29). The number of hydrazine groups is 1. The average molecular weight is 413 g/mol. The van der Waals surface area contributed by atoms with Gasteiger partial charge in [0.05, 0.1) is 0 Å². The second-order valence-electron chi connectivity index (χ2n) is 9.43. The molecule has 6 heteroatoms. The number of nitrogens with one attached hydrogen (secondary N) is 3. The van der Waals surface area contributed by atoms with E-state index in [-0.39, 0.29) is 35.9 Å². The molecule has 0 spiro atoms. The number of rotatable bonds is 4. The van der Waals surface area contributed by atoms with Gasteiger partial charge in [0.2, 0.25) is 11.8 Å². The maximum Gasteiger partial charge on any atom is 0.241 e. The summed E-state index contributed by atoms with van der Waals surface area (Å²) in [7, 11) is 0. The first-order valence-corrected chi connectivity index (χ1v) is 11.7. The van der Waals surface area contributed by atoms with Crippen molar-refractivity contribution in [2.75, 3.05) is 13.1 Å². The summed E-state index contributed by atoms with van der Waals surface area (Å²) in [5.41, 5.74) is 10.3. The molecule has 2 atom stereocenters. The van der Waals surface area contributed by atoms with Crippen LogP contribution < -0.4 is 16.2 Å². The Hall–Kier alpha value is -1.92. The Bertz CT molecular complexity index is 766. The highest BCUT2D eigenvalue weighted by atomic mass is 16.2. The van der Waals surface area contributed by atoms with Crippen molar-refractivity contribution in [3.8, 4) is 0 Å². The van der Waals surface area contributed by atoms with E-state index in [1.807, 2.05) is 4.90 Å². The minimum absolute atomic E-state index is 0.159. The molecule has 3 aliphatic rings. The van der Waals surface area contributed by atoms with Gasteiger partial charge >= 0.3 is 0 Å². The molecule has 2 unspecified atom stereocenters. The molecule has 1 saturated carbocycles. The summed E-state index contributed by atoms with van der Waals surface area (Å²) in [6.45, 7) is 5.68. The number of piperidine rings is 1. The monoisotopic (exact) mass is 412 g/mol. The van der Waals surface area contributed by atoms with Crippen LogP contribution in [0.15, 0.2) is 18.2 Å². The number of hydrogen-bond acceptors (Lipinski definition) is 4. The number of aryl methyl sites for hydroxylation is 2. The van der Waals surface area contributed by atoms with Crippen molar-refractivity contribution in [2.24, 2.45) is 5.92 Å². The van der Waals surface area contributed by atoms with Crippen LogP contribution in [0.25, 0.3) is 0 Å². The molecule has 2 saturated heterocycles. The Labute approximate surface area is 180 Å². The Morgan fingerprint density at radius 1 is 1.00 bits per heavy atom. The van der Waals surface area contributed by atoms with Crippen molar-refractivity contribution in [1.29, 1.82) is 0 Å². The summed E-state index contributed by atoms with van der Waals surface area (Å²) >= 11 is 0. The summed E-state index contributed by atoms with van der Waals surface area (Å²) in [5.74, 6) is 0.610. The molecular formula is C24H36N4O2. The van der Waals surface area contributed by atoms with Crippen molar-refractivity contribution >= 4 is 11.8 Å². The Balaban J connectivity index is 1.25. The zero-order valence-corrected chi connectivity index (χ0v) is 18.4. The minimum Gasteiger partial charge on any atom is -0.353 e. The summed E-state index contributed by atoms with van der Waals surface area (Å²) in [4.78, 5) is 27.5. The molecule has 4 rings (SSSR count). The van der Waals surface area contributed by atoms with E-state index in [9.17, 15) is 9.59 Å². The number of hydrogen-bond donors (Lipinski definition) is 3. The largest absolute Gasteiger partial charge is 0.353 e. The maximum atomic E-state index is 13.0. The van der Waals surface area contributed by atoms with Crippen molar-refractivity contribution in [2.45, 2.75) is 83.3 Å². The van der Waals surface area contributed by atoms with Gasteiger partial charge in [-0.25, -0.2) is 10.9 Å². The molecule has 1 aliphatic carbocycles. The SMILES string of the molecule is Cc1ccc(C2CC(C(=O)N3CCC(NC(=O)C4CCCCC4)CC3)NN2)c(C)c1. The van der Waals surface area contributed by atoms with Crippen LogP contribution >= 0.6 is 0 Å². The third kappa shape index (κ3) is 4.86. The van der Waals surface area contributed by atoms with E-state index in [2.05, 4.69) is 48.2 Å². The van der Waals surface area contributed by atoms with Crippen LogP contribution in [-0.2, 0) is 9.59 Å². The van der Waals surface area contributed by atoms with E-state index in [4.69, 9.17) is 0 Å². The van der Waals surface area contributed by atoms with Gasteiger partial charge in [-0.3, -0.25) is 9.59 Å². The number of amides is 2. The van der Waals surface area contributed by atoms with Crippen LogP contribution in [0.4, 0.5) is 0 Å². The quantitative estimate of drug-likeness (QED) is 0.711. The van der Waals surface area contributed by atoms with Gasteiger partial charge in [-0.1, -0.05) is 43.0 Å². The average Bonchev–Trinajstić information content (AvgIpc) is 3.24. The fourth-order valence-electron chi connectivity index (χ4n) is 5.29. The van der Waals surface area contributed by atoms with Gasteiger partial charge in [0, 0.05) is 31.1 Å². The van der Waals surface area contributed by atoms with Gasteiger partial charge in [-0.15, -0.1) is 0 Å². The molecule has 0 bridgehead atoms. The summed E-state index contributed by atoms with van der Waals surface area (Å²) in [5, 5.41) is 3.25. The second kappa shape index (κ2) is 9.48. The fraction of sp³-hybridized carbons (Fsp3) is 0.667. The van der Waals surface area contributed by atoms with Crippen LogP contribution in [0.1, 0.15) is 74.1 Å². The number of nitrogens with zero attached hydrogens (tertiary/aromatic N) is 1. The van der Waals surface area contributed by atoms with Gasteiger partial charge < -0.3 is 10.2 Å².